The van der Waals surface area contributed by atoms with Gasteiger partial charge < -0.3 is 9.80 Å². The van der Waals surface area contributed by atoms with Gasteiger partial charge in [0, 0.05) is 44.1 Å². The zero-order chi connectivity index (χ0) is 22.8. The highest BCUT2D eigenvalue weighted by Gasteiger charge is 2.31. The third kappa shape index (κ3) is 5.42. The molecule has 1 aliphatic heterocycles. The monoisotopic (exact) mass is 437 g/mol. The maximum absolute atomic E-state index is 12.9. The number of likely N-dealkylation sites (tertiary alicyclic amines) is 1. The van der Waals surface area contributed by atoms with Gasteiger partial charge in [0.2, 0.25) is 5.91 Å². The van der Waals surface area contributed by atoms with Gasteiger partial charge in [-0.3, -0.25) is 14.2 Å². The molecule has 0 unspecified atom stereocenters. The van der Waals surface area contributed by atoms with Gasteiger partial charge in [0.25, 0.3) is 5.56 Å². The Morgan fingerprint density at radius 3 is 2.55 bits per heavy atom. The van der Waals surface area contributed by atoms with Gasteiger partial charge in [-0.25, -0.2) is 9.97 Å². The number of alkyl halides is 3. The lowest BCUT2D eigenvalue weighted by molar-refractivity contribution is -0.137. The summed E-state index contributed by atoms with van der Waals surface area (Å²) in [6.45, 7) is 5.02. The summed E-state index contributed by atoms with van der Waals surface area (Å²) in [4.78, 5) is 36.5. The van der Waals surface area contributed by atoms with Crippen molar-refractivity contribution in [2.45, 2.75) is 39.4 Å². The number of nitrogens with zero attached hydrogens (tertiary/aromatic N) is 5. The summed E-state index contributed by atoms with van der Waals surface area (Å²) >= 11 is 0. The van der Waals surface area contributed by atoms with Crippen LogP contribution in [-0.4, -0.2) is 52.0 Å². The highest BCUT2D eigenvalue weighted by molar-refractivity contribution is 5.76. The van der Waals surface area contributed by atoms with Crippen LogP contribution in [0.5, 0.6) is 0 Å². The Kier molecular flexibility index (Phi) is 6.66. The van der Waals surface area contributed by atoms with Crippen molar-refractivity contribution >= 4 is 11.7 Å². The van der Waals surface area contributed by atoms with E-state index in [4.69, 9.17) is 0 Å². The van der Waals surface area contributed by atoms with Crippen LogP contribution in [0.25, 0.3) is 0 Å². The molecule has 168 valence electrons. The fourth-order valence-corrected chi connectivity index (χ4v) is 3.68. The van der Waals surface area contributed by atoms with Crippen molar-refractivity contribution in [2.75, 3.05) is 31.6 Å². The average molecular weight is 437 g/mol. The summed E-state index contributed by atoms with van der Waals surface area (Å²) in [6.07, 6.45) is -0.381. The molecule has 2 aromatic rings. The smallest absolute Gasteiger partial charge is 0.359 e. The van der Waals surface area contributed by atoms with Crippen molar-refractivity contribution in [3.63, 3.8) is 0 Å². The second kappa shape index (κ2) is 9.07. The SMILES string of the molecule is Cc1ncn(CC(=O)N2CCC(CN(C)c3cc(C(F)(F)F)ccn3)CC2)c(=O)c1C. The molecule has 0 bridgehead atoms. The Morgan fingerprint density at radius 2 is 1.90 bits per heavy atom. The van der Waals surface area contributed by atoms with E-state index in [0.29, 0.717) is 30.9 Å². The summed E-state index contributed by atoms with van der Waals surface area (Å²) in [5.41, 5.74) is 0.237. The first-order valence-corrected chi connectivity index (χ1v) is 10.1. The Hall–Kier alpha value is -2.91. The van der Waals surface area contributed by atoms with E-state index in [-0.39, 0.29) is 29.7 Å². The summed E-state index contributed by atoms with van der Waals surface area (Å²) in [7, 11) is 1.72. The van der Waals surface area contributed by atoms with Crippen LogP contribution in [0.4, 0.5) is 19.0 Å². The van der Waals surface area contributed by atoms with Crippen molar-refractivity contribution in [1.29, 1.82) is 0 Å². The van der Waals surface area contributed by atoms with Crippen molar-refractivity contribution in [3.8, 4) is 0 Å². The van der Waals surface area contributed by atoms with Crippen molar-refractivity contribution in [3.05, 3.63) is 51.8 Å². The lowest BCUT2D eigenvalue weighted by atomic mass is 9.96. The fraction of sp³-hybridized carbons (Fsp3) is 0.524. The number of halogens is 3. The largest absolute Gasteiger partial charge is 0.416 e. The quantitative estimate of drug-likeness (QED) is 0.719. The van der Waals surface area contributed by atoms with Crippen LogP contribution in [0.3, 0.4) is 0 Å². The maximum atomic E-state index is 12.9. The number of piperidine rings is 1. The van der Waals surface area contributed by atoms with Crippen LogP contribution in [0.1, 0.15) is 29.7 Å². The van der Waals surface area contributed by atoms with Gasteiger partial charge in [-0.05, 0) is 44.7 Å². The number of carbonyl (C=O) groups is 1. The zero-order valence-electron chi connectivity index (χ0n) is 17.8. The number of hydrogen-bond acceptors (Lipinski definition) is 5. The Bertz CT molecular complexity index is 997. The van der Waals surface area contributed by atoms with E-state index in [1.165, 1.54) is 17.1 Å². The molecule has 1 fully saturated rings. The van der Waals surface area contributed by atoms with Gasteiger partial charge in [-0.2, -0.15) is 13.2 Å². The predicted octanol–water partition coefficient (Wildman–Crippen LogP) is 2.65. The molecule has 3 rings (SSSR count). The highest BCUT2D eigenvalue weighted by atomic mass is 19.4. The topological polar surface area (TPSA) is 71.3 Å². The van der Waals surface area contributed by atoms with Crippen LogP contribution >= 0.6 is 0 Å². The van der Waals surface area contributed by atoms with E-state index in [2.05, 4.69) is 9.97 Å². The standard InChI is InChI=1S/C21H26F3N5O2/c1-14-15(2)26-13-29(20(14)31)12-19(30)28-8-5-16(6-9-28)11-27(3)18-10-17(4-7-25-18)21(22,23)24/h4,7,10,13,16H,5-6,8-9,11-12H2,1-3H3. The van der Waals surface area contributed by atoms with Gasteiger partial charge in [0.15, 0.2) is 0 Å². The third-order valence-electron chi connectivity index (χ3n) is 5.78. The molecule has 0 atom stereocenters. The van der Waals surface area contributed by atoms with E-state index >= 15 is 0 Å². The normalized spacial score (nSPS) is 15.2. The zero-order valence-corrected chi connectivity index (χ0v) is 17.8. The van der Waals surface area contributed by atoms with Crippen molar-refractivity contribution in [1.82, 2.24) is 19.4 Å². The molecular weight excluding hydrogens is 411 g/mol. The molecule has 1 aliphatic rings. The molecule has 7 nitrogen and oxygen atoms in total. The van der Waals surface area contributed by atoms with Crippen LogP contribution in [0.2, 0.25) is 0 Å². The van der Waals surface area contributed by atoms with Gasteiger partial charge in [0.1, 0.15) is 12.4 Å². The highest BCUT2D eigenvalue weighted by Crippen LogP contribution is 2.31. The minimum absolute atomic E-state index is 0.0499. The molecule has 3 heterocycles. The molecule has 1 saturated heterocycles. The average Bonchev–Trinajstić information content (AvgIpc) is 2.74. The summed E-state index contributed by atoms with van der Waals surface area (Å²) < 4.78 is 40.1. The van der Waals surface area contributed by atoms with Crippen molar-refractivity contribution in [2.24, 2.45) is 5.92 Å². The summed E-state index contributed by atoms with van der Waals surface area (Å²) in [5.74, 6) is 0.366. The van der Waals surface area contributed by atoms with Gasteiger partial charge in [-0.15, -0.1) is 0 Å². The van der Waals surface area contributed by atoms with Crippen LogP contribution in [0.15, 0.2) is 29.5 Å². The molecule has 0 radical (unpaired) electrons. The molecular formula is C21H26F3N5O2. The van der Waals surface area contributed by atoms with Crippen molar-refractivity contribution < 1.29 is 18.0 Å². The van der Waals surface area contributed by atoms with E-state index in [1.54, 1.807) is 30.7 Å². The minimum atomic E-state index is -4.41. The fourth-order valence-electron chi connectivity index (χ4n) is 3.68. The number of aryl methyl sites for hydroxylation is 1. The number of rotatable bonds is 5. The molecule has 0 aromatic carbocycles. The number of aromatic nitrogens is 3. The van der Waals surface area contributed by atoms with Crippen LogP contribution < -0.4 is 10.5 Å². The molecule has 0 N–H and O–H groups in total. The molecule has 0 aliphatic carbocycles. The predicted molar refractivity (Wildman–Crippen MR) is 110 cm³/mol. The second-order valence-corrected chi connectivity index (χ2v) is 7.99. The number of amides is 1. The second-order valence-electron chi connectivity index (χ2n) is 7.99. The Labute approximate surface area is 178 Å². The lowest BCUT2D eigenvalue weighted by Crippen LogP contribution is -2.43. The molecule has 2 aromatic heterocycles. The van der Waals surface area contributed by atoms with Crippen LogP contribution in [-0.2, 0) is 17.5 Å². The minimum Gasteiger partial charge on any atom is -0.359 e. The van der Waals surface area contributed by atoms with Gasteiger partial charge >= 0.3 is 6.18 Å². The Balaban J connectivity index is 1.54. The first kappa shape index (κ1) is 22.8. The number of pyridine rings is 1. The third-order valence-corrected chi connectivity index (χ3v) is 5.78. The number of carbonyl (C=O) groups excluding carboxylic acids is 1. The number of hydrogen-bond donors (Lipinski definition) is 0. The Morgan fingerprint density at radius 1 is 1.23 bits per heavy atom. The molecule has 10 heteroatoms. The molecule has 0 spiro atoms. The molecule has 1 amide bonds. The van der Waals surface area contributed by atoms with E-state index < -0.39 is 11.7 Å². The molecule has 31 heavy (non-hydrogen) atoms. The first-order chi connectivity index (χ1) is 14.6. The summed E-state index contributed by atoms with van der Waals surface area (Å²) in [6, 6.07) is 2.01. The van der Waals surface area contributed by atoms with E-state index in [9.17, 15) is 22.8 Å². The maximum Gasteiger partial charge on any atom is 0.416 e. The summed E-state index contributed by atoms with van der Waals surface area (Å²) in [5, 5.41) is 0. The van der Waals surface area contributed by atoms with Gasteiger partial charge in [0.05, 0.1) is 11.9 Å². The lowest BCUT2D eigenvalue weighted by Gasteiger charge is -2.34. The number of anilines is 1. The van der Waals surface area contributed by atoms with Gasteiger partial charge in [-0.1, -0.05) is 0 Å². The first-order valence-electron chi connectivity index (χ1n) is 10.1. The molecule has 0 saturated carbocycles. The van der Waals surface area contributed by atoms with Crippen LogP contribution in [0, 0.1) is 19.8 Å². The van der Waals surface area contributed by atoms with E-state index in [1.807, 2.05) is 0 Å². The van der Waals surface area contributed by atoms with E-state index in [0.717, 1.165) is 25.0 Å².